The largest absolute Gasteiger partial charge is 0.452 e. The highest BCUT2D eigenvalue weighted by atomic mass is 35.5. The molecular weight excluding hydrogens is 596 g/mol. The van der Waals surface area contributed by atoms with Gasteiger partial charge in [0.1, 0.15) is 11.8 Å². The number of pyridine rings is 1. The summed E-state index contributed by atoms with van der Waals surface area (Å²) in [5.74, 6) is 0.758. The SMILES string of the molecule is O=[N+]([O-])c1ccc(Sc2ccc(N3C(=S)N[C@H](c4ccccn4)[C@H]3c3ccc(Sc4ccc(Cl)cc4)o3)cc2)cc1. The van der Waals surface area contributed by atoms with Crippen LogP contribution in [0.5, 0.6) is 0 Å². The first-order valence-corrected chi connectivity index (χ1v) is 14.9. The van der Waals surface area contributed by atoms with Crippen LogP contribution in [-0.2, 0) is 0 Å². The monoisotopic (exact) mass is 616 g/mol. The van der Waals surface area contributed by atoms with Gasteiger partial charge >= 0.3 is 0 Å². The third-order valence-corrected chi connectivity index (χ3v) is 8.93. The van der Waals surface area contributed by atoms with Gasteiger partial charge in [-0.3, -0.25) is 15.1 Å². The molecule has 0 saturated carbocycles. The molecule has 0 bridgehead atoms. The van der Waals surface area contributed by atoms with E-state index in [0.29, 0.717) is 10.1 Å². The summed E-state index contributed by atoms with van der Waals surface area (Å²) in [5.41, 5.74) is 1.83. The Morgan fingerprint density at radius 1 is 0.878 bits per heavy atom. The topological polar surface area (TPSA) is 84.4 Å². The molecule has 204 valence electrons. The Bertz CT molecular complexity index is 1680. The maximum atomic E-state index is 11.0. The van der Waals surface area contributed by atoms with Crippen molar-refractivity contribution in [3.63, 3.8) is 0 Å². The quantitative estimate of drug-likeness (QED) is 0.104. The van der Waals surface area contributed by atoms with Crippen molar-refractivity contribution in [3.05, 3.63) is 136 Å². The van der Waals surface area contributed by atoms with Crippen LogP contribution in [0.1, 0.15) is 23.5 Å². The molecule has 3 heterocycles. The van der Waals surface area contributed by atoms with Crippen molar-refractivity contribution in [1.29, 1.82) is 0 Å². The molecule has 1 aliphatic rings. The highest BCUT2D eigenvalue weighted by Crippen LogP contribution is 2.44. The van der Waals surface area contributed by atoms with E-state index in [1.807, 2.05) is 78.9 Å². The fourth-order valence-electron chi connectivity index (χ4n) is 4.54. The molecule has 6 rings (SSSR count). The molecule has 3 aromatic carbocycles. The van der Waals surface area contributed by atoms with Crippen LogP contribution in [0.25, 0.3) is 0 Å². The zero-order valence-corrected chi connectivity index (χ0v) is 24.4. The van der Waals surface area contributed by atoms with Crippen LogP contribution in [0.3, 0.4) is 0 Å². The summed E-state index contributed by atoms with van der Waals surface area (Å²) in [4.78, 5) is 20.2. The second-order valence-electron chi connectivity index (χ2n) is 9.06. The number of furan rings is 1. The van der Waals surface area contributed by atoms with Crippen molar-refractivity contribution < 1.29 is 9.34 Å². The van der Waals surface area contributed by atoms with Gasteiger partial charge in [0.25, 0.3) is 5.69 Å². The minimum Gasteiger partial charge on any atom is -0.452 e. The van der Waals surface area contributed by atoms with Crippen LogP contribution in [0.2, 0.25) is 5.02 Å². The maximum Gasteiger partial charge on any atom is 0.269 e. The summed E-state index contributed by atoms with van der Waals surface area (Å²) in [6.45, 7) is 0. The van der Waals surface area contributed by atoms with E-state index in [9.17, 15) is 10.1 Å². The standard InChI is InChI=1S/C30H21ClN4O3S3/c31-19-4-10-24(11-5-19)41-27-17-16-26(38-27)29-28(25-3-1-2-18-32-25)33-30(39)34(29)20-6-12-22(13-7-20)40-23-14-8-21(9-15-23)35(36)37/h1-18,28-29H,(H,33,39)/t28-,29-/m1/s1. The molecule has 0 aliphatic carbocycles. The minimum absolute atomic E-state index is 0.0703. The van der Waals surface area contributed by atoms with Crippen molar-refractivity contribution >= 4 is 63.8 Å². The van der Waals surface area contributed by atoms with Crippen LogP contribution in [0.4, 0.5) is 11.4 Å². The van der Waals surface area contributed by atoms with Gasteiger partial charge in [-0.1, -0.05) is 41.2 Å². The number of non-ortho nitro benzene ring substituents is 1. The van der Waals surface area contributed by atoms with E-state index in [-0.39, 0.29) is 17.8 Å². The van der Waals surface area contributed by atoms with Gasteiger partial charge in [-0.2, -0.15) is 0 Å². The number of hydrogen-bond acceptors (Lipinski definition) is 7. The van der Waals surface area contributed by atoms with Gasteiger partial charge in [-0.15, -0.1) is 0 Å². The van der Waals surface area contributed by atoms with E-state index in [1.165, 1.54) is 35.7 Å². The number of nitro benzene ring substituents is 1. The number of nitrogens with one attached hydrogen (secondary N) is 1. The third kappa shape index (κ3) is 6.11. The molecule has 2 atom stereocenters. The van der Waals surface area contributed by atoms with Gasteiger partial charge in [-0.25, -0.2) is 0 Å². The fraction of sp³-hybridized carbons (Fsp3) is 0.0667. The van der Waals surface area contributed by atoms with Crippen molar-refractivity contribution in [1.82, 2.24) is 10.3 Å². The number of nitro groups is 1. The molecule has 1 aliphatic heterocycles. The zero-order chi connectivity index (χ0) is 28.3. The summed E-state index contributed by atoms with van der Waals surface area (Å²) in [6.07, 6.45) is 1.77. The van der Waals surface area contributed by atoms with Gasteiger partial charge < -0.3 is 14.6 Å². The van der Waals surface area contributed by atoms with Crippen LogP contribution in [-0.4, -0.2) is 15.0 Å². The Morgan fingerprint density at radius 2 is 1.54 bits per heavy atom. The summed E-state index contributed by atoms with van der Waals surface area (Å²) in [7, 11) is 0. The van der Waals surface area contributed by atoms with Crippen molar-refractivity contribution in [2.75, 3.05) is 4.90 Å². The normalized spacial score (nSPS) is 16.5. The first kappa shape index (κ1) is 27.3. The Labute approximate surface area is 255 Å². The lowest BCUT2D eigenvalue weighted by Gasteiger charge is -2.26. The minimum atomic E-state index is -0.400. The van der Waals surface area contributed by atoms with Gasteiger partial charge in [0.15, 0.2) is 10.2 Å². The molecular formula is C30H21ClN4O3S3. The van der Waals surface area contributed by atoms with E-state index in [4.69, 9.17) is 28.2 Å². The van der Waals surface area contributed by atoms with Crippen LogP contribution in [0, 0.1) is 10.1 Å². The number of anilines is 1. The molecule has 1 saturated heterocycles. The third-order valence-electron chi connectivity index (χ3n) is 6.42. The molecule has 1 N–H and O–H groups in total. The smallest absolute Gasteiger partial charge is 0.269 e. The van der Waals surface area contributed by atoms with Gasteiger partial charge in [0.2, 0.25) is 0 Å². The molecule has 7 nitrogen and oxygen atoms in total. The fourth-order valence-corrected chi connectivity index (χ4v) is 6.60. The Balaban J connectivity index is 1.28. The van der Waals surface area contributed by atoms with Crippen molar-refractivity contribution in [3.8, 4) is 0 Å². The van der Waals surface area contributed by atoms with Crippen molar-refractivity contribution in [2.45, 2.75) is 31.9 Å². The summed E-state index contributed by atoms with van der Waals surface area (Å²) >= 11 is 14.9. The lowest BCUT2D eigenvalue weighted by atomic mass is 10.0. The van der Waals surface area contributed by atoms with E-state index in [0.717, 1.165) is 36.9 Å². The second kappa shape index (κ2) is 12.0. The number of rotatable bonds is 8. The van der Waals surface area contributed by atoms with Crippen LogP contribution in [0.15, 0.2) is 134 Å². The molecule has 0 amide bonds. The van der Waals surface area contributed by atoms with Gasteiger partial charge in [0, 0.05) is 43.7 Å². The Hall–Kier alpha value is -3.83. The van der Waals surface area contributed by atoms with Crippen molar-refractivity contribution in [2.24, 2.45) is 0 Å². The number of halogens is 1. The summed E-state index contributed by atoms with van der Waals surface area (Å²) in [5, 5.41) is 16.4. The van der Waals surface area contributed by atoms with Gasteiger partial charge in [0.05, 0.1) is 16.7 Å². The highest BCUT2D eigenvalue weighted by molar-refractivity contribution is 7.99. The van der Waals surface area contributed by atoms with Crippen LogP contribution < -0.4 is 10.2 Å². The van der Waals surface area contributed by atoms with E-state index in [2.05, 4.69) is 15.2 Å². The molecule has 0 radical (unpaired) electrons. The zero-order valence-electron chi connectivity index (χ0n) is 21.2. The molecule has 0 unspecified atom stereocenters. The molecule has 41 heavy (non-hydrogen) atoms. The summed E-state index contributed by atoms with van der Waals surface area (Å²) < 4.78 is 6.39. The van der Waals surface area contributed by atoms with Gasteiger partial charge in [-0.05, 0) is 97.1 Å². The molecule has 1 fully saturated rings. The number of nitrogens with zero attached hydrogens (tertiary/aromatic N) is 3. The van der Waals surface area contributed by atoms with E-state index >= 15 is 0 Å². The maximum absolute atomic E-state index is 11.0. The predicted molar refractivity (Wildman–Crippen MR) is 166 cm³/mol. The predicted octanol–water partition coefficient (Wildman–Crippen LogP) is 8.72. The average molecular weight is 617 g/mol. The van der Waals surface area contributed by atoms with Crippen LogP contribution >= 0.6 is 47.3 Å². The second-order valence-corrected chi connectivity index (χ2v) is 12.1. The number of thiocarbonyl (C=S) groups is 1. The molecule has 2 aromatic heterocycles. The lowest BCUT2D eigenvalue weighted by molar-refractivity contribution is -0.384. The molecule has 11 heteroatoms. The number of hydrogen-bond donors (Lipinski definition) is 1. The number of aromatic nitrogens is 1. The average Bonchev–Trinajstić information content (AvgIpc) is 3.59. The lowest BCUT2D eigenvalue weighted by Crippen LogP contribution is -2.29. The Kier molecular flexibility index (Phi) is 7.97. The summed E-state index contributed by atoms with van der Waals surface area (Å²) in [6, 6.07) is 31.5. The van der Waals surface area contributed by atoms with E-state index in [1.54, 1.807) is 18.3 Å². The first-order valence-electron chi connectivity index (χ1n) is 12.5. The first-order chi connectivity index (χ1) is 19.9. The molecule has 0 spiro atoms. The molecule has 5 aromatic rings. The number of benzene rings is 3. The Morgan fingerprint density at radius 3 is 2.20 bits per heavy atom. The van der Waals surface area contributed by atoms with E-state index < -0.39 is 4.92 Å². The highest BCUT2D eigenvalue weighted by Gasteiger charge is 2.42.